The first-order chi connectivity index (χ1) is 9.71. The van der Waals surface area contributed by atoms with Crippen molar-refractivity contribution < 1.29 is 19.0 Å². The third-order valence-electron chi connectivity index (χ3n) is 2.91. The molecule has 0 fully saturated rings. The minimum Gasteiger partial charge on any atom is -0.465 e. The van der Waals surface area contributed by atoms with Gasteiger partial charge in [-0.25, -0.2) is 0 Å². The molecule has 1 aliphatic rings. The quantitative estimate of drug-likeness (QED) is 0.775. The molecule has 1 aromatic carbocycles. The molecule has 0 amide bonds. The Morgan fingerprint density at radius 2 is 2.10 bits per heavy atom. The van der Waals surface area contributed by atoms with Crippen molar-refractivity contribution in [3.8, 4) is 23.6 Å². The van der Waals surface area contributed by atoms with E-state index in [1.165, 1.54) is 0 Å². The van der Waals surface area contributed by atoms with Gasteiger partial charge in [0.25, 0.3) is 0 Å². The summed E-state index contributed by atoms with van der Waals surface area (Å²) in [5, 5.41) is 18.4. The Morgan fingerprint density at radius 1 is 1.35 bits per heavy atom. The first-order valence-electron chi connectivity index (χ1n) is 6.06. The fourth-order valence-corrected chi connectivity index (χ4v) is 1.94. The van der Waals surface area contributed by atoms with Crippen LogP contribution in [0.1, 0.15) is 18.4 Å². The summed E-state index contributed by atoms with van der Waals surface area (Å²) in [6, 6.07) is 8.72. The molecular formula is C14H12N2O4. The maximum absolute atomic E-state index is 11.7. The average molecular weight is 272 g/mol. The lowest BCUT2D eigenvalue weighted by Crippen LogP contribution is -2.22. The van der Waals surface area contributed by atoms with Gasteiger partial charge in [-0.2, -0.15) is 10.5 Å². The number of carbonyl (C=O) groups is 1. The number of rotatable bonds is 4. The summed E-state index contributed by atoms with van der Waals surface area (Å²) in [5.74, 6) is -1.69. The van der Waals surface area contributed by atoms with E-state index in [2.05, 4.69) is 0 Å². The summed E-state index contributed by atoms with van der Waals surface area (Å²) in [6.45, 7) is 1.93. The Morgan fingerprint density at radius 3 is 2.75 bits per heavy atom. The largest absolute Gasteiger partial charge is 0.465 e. The van der Waals surface area contributed by atoms with Crippen molar-refractivity contribution in [3.05, 3.63) is 23.8 Å². The highest BCUT2D eigenvalue weighted by atomic mass is 16.7. The molecule has 0 aliphatic carbocycles. The van der Waals surface area contributed by atoms with Gasteiger partial charge < -0.3 is 14.2 Å². The zero-order valence-electron chi connectivity index (χ0n) is 10.8. The van der Waals surface area contributed by atoms with Crippen molar-refractivity contribution in [1.82, 2.24) is 0 Å². The lowest BCUT2D eigenvalue weighted by atomic mass is 9.88. The van der Waals surface area contributed by atoms with Gasteiger partial charge in [-0.1, -0.05) is 6.07 Å². The maximum atomic E-state index is 11.7. The third-order valence-corrected chi connectivity index (χ3v) is 2.91. The second kappa shape index (κ2) is 5.94. The number of hydrogen-bond donors (Lipinski definition) is 0. The van der Waals surface area contributed by atoms with E-state index in [4.69, 9.17) is 19.5 Å². The summed E-state index contributed by atoms with van der Waals surface area (Å²) < 4.78 is 15.2. The standard InChI is InChI=1S/C14H12N2O4/c1-2-18-14(17)11(7-16)10(6-15)9-3-4-12-13(5-9)20-8-19-12/h3-5,10-11H,2,8H2,1H3. The number of carbonyl (C=O) groups excluding carboxylic acids is 1. The maximum Gasteiger partial charge on any atom is 0.325 e. The predicted octanol–water partition coefficient (Wildman–Crippen LogP) is 1.73. The minimum atomic E-state index is -1.17. The van der Waals surface area contributed by atoms with E-state index < -0.39 is 17.8 Å². The van der Waals surface area contributed by atoms with Crippen LogP contribution in [0, 0.1) is 28.6 Å². The number of fused-ring (bicyclic) bond motifs is 1. The monoisotopic (exact) mass is 272 g/mol. The van der Waals surface area contributed by atoms with E-state index in [1.54, 1.807) is 25.1 Å². The summed E-state index contributed by atoms with van der Waals surface area (Å²) in [5.41, 5.74) is 0.524. The van der Waals surface area contributed by atoms with Gasteiger partial charge in [0.1, 0.15) is 0 Å². The smallest absolute Gasteiger partial charge is 0.325 e. The van der Waals surface area contributed by atoms with Gasteiger partial charge in [0, 0.05) is 0 Å². The van der Waals surface area contributed by atoms with Gasteiger partial charge in [-0.05, 0) is 24.6 Å². The van der Waals surface area contributed by atoms with Crippen LogP contribution in [0.2, 0.25) is 0 Å². The summed E-state index contributed by atoms with van der Waals surface area (Å²) in [7, 11) is 0. The molecular weight excluding hydrogens is 260 g/mol. The fraction of sp³-hybridized carbons (Fsp3) is 0.357. The zero-order valence-corrected chi connectivity index (χ0v) is 10.8. The molecule has 0 saturated heterocycles. The van der Waals surface area contributed by atoms with E-state index in [-0.39, 0.29) is 13.4 Å². The van der Waals surface area contributed by atoms with Crippen molar-refractivity contribution in [3.63, 3.8) is 0 Å². The minimum absolute atomic E-state index is 0.121. The molecule has 0 bridgehead atoms. The van der Waals surface area contributed by atoms with Gasteiger partial charge in [-0.15, -0.1) is 0 Å². The first kappa shape index (κ1) is 13.7. The highest BCUT2D eigenvalue weighted by molar-refractivity contribution is 5.77. The van der Waals surface area contributed by atoms with Gasteiger partial charge in [0.05, 0.1) is 24.7 Å². The van der Waals surface area contributed by atoms with Gasteiger partial charge >= 0.3 is 5.97 Å². The Balaban J connectivity index is 2.30. The van der Waals surface area contributed by atoms with Crippen LogP contribution in [-0.2, 0) is 9.53 Å². The van der Waals surface area contributed by atoms with Crippen LogP contribution in [0.4, 0.5) is 0 Å². The van der Waals surface area contributed by atoms with Crippen LogP contribution in [0.25, 0.3) is 0 Å². The van der Waals surface area contributed by atoms with E-state index in [9.17, 15) is 10.1 Å². The molecule has 0 saturated carbocycles. The highest BCUT2D eigenvalue weighted by Gasteiger charge is 2.32. The Hall–Kier alpha value is -2.73. The number of nitrogens with zero attached hydrogens (tertiary/aromatic N) is 2. The van der Waals surface area contributed by atoms with Crippen LogP contribution in [0.15, 0.2) is 18.2 Å². The van der Waals surface area contributed by atoms with Gasteiger partial charge in [0.2, 0.25) is 6.79 Å². The highest BCUT2D eigenvalue weighted by Crippen LogP contribution is 2.36. The Bertz CT molecular complexity index is 600. The molecule has 102 valence electrons. The van der Waals surface area contributed by atoms with Crippen LogP contribution in [0.5, 0.6) is 11.5 Å². The number of nitriles is 2. The lowest BCUT2D eigenvalue weighted by molar-refractivity contribution is -0.146. The number of benzene rings is 1. The molecule has 2 rings (SSSR count). The Kier molecular flexibility index (Phi) is 4.07. The topological polar surface area (TPSA) is 92.3 Å². The van der Waals surface area contributed by atoms with E-state index >= 15 is 0 Å². The predicted molar refractivity (Wildman–Crippen MR) is 66.7 cm³/mol. The molecule has 1 aromatic rings. The van der Waals surface area contributed by atoms with E-state index in [0.29, 0.717) is 17.1 Å². The van der Waals surface area contributed by atoms with Crippen molar-refractivity contribution in [1.29, 1.82) is 10.5 Å². The molecule has 2 unspecified atom stereocenters. The summed E-state index contributed by atoms with van der Waals surface area (Å²) >= 11 is 0. The lowest BCUT2D eigenvalue weighted by Gasteiger charge is -2.14. The molecule has 1 aliphatic heterocycles. The average Bonchev–Trinajstić information content (AvgIpc) is 2.92. The summed E-state index contributed by atoms with van der Waals surface area (Å²) in [4.78, 5) is 11.7. The Labute approximate surface area is 116 Å². The van der Waals surface area contributed by atoms with E-state index in [0.717, 1.165) is 0 Å². The van der Waals surface area contributed by atoms with Gasteiger partial charge in [0.15, 0.2) is 17.4 Å². The molecule has 2 atom stereocenters. The van der Waals surface area contributed by atoms with Crippen LogP contribution in [0.3, 0.4) is 0 Å². The van der Waals surface area contributed by atoms with Gasteiger partial charge in [-0.3, -0.25) is 4.79 Å². The number of ether oxygens (including phenoxy) is 3. The second-order valence-electron chi connectivity index (χ2n) is 4.08. The van der Waals surface area contributed by atoms with Crippen molar-refractivity contribution in [2.24, 2.45) is 5.92 Å². The molecule has 0 aromatic heterocycles. The van der Waals surface area contributed by atoms with Crippen LogP contribution < -0.4 is 9.47 Å². The molecule has 0 spiro atoms. The fourth-order valence-electron chi connectivity index (χ4n) is 1.94. The van der Waals surface area contributed by atoms with E-state index in [1.807, 2.05) is 12.1 Å². The number of hydrogen-bond acceptors (Lipinski definition) is 6. The molecule has 1 heterocycles. The third kappa shape index (κ3) is 2.50. The van der Waals surface area contributed by atoms with Crippen LogP contribution in [-0.4, -0.2) is 19.4 Å². The first-order valence-corrected chi connectivity index (χ1v) is 6.06. The molecule has 20 heavy (non-hydrogen) atoms. The van der Waals surface area contributed by atoms with Crippen LogP contribution >= 0.6 is 0 Å². The normalized spacial score (nSPS) is 14.8. The zero-order chi connectivity index (χ0) is 14.5. The SMILES string of the molecule is CCOC(=O)C(C#N)C(C#N)c1ccc2c(c1)OCO2. The molecule has 6 heteroatoms. The second-order valence-corrected chi connectivity index (χ2v) is 4.08. The molecule has 6 nitrogen and oxygen atoms in total. The van der Waals surface area contributed by atoms with Crippen molar-refractivity contribution in [2.75, 3.05) is 13.4 Å². The molecule has 0 radical (unpaired) electrons. The van der Waals surface area contributed by atoms with Crippen molar-refractivity contribution >= 4 is 5.97 Å². The van der Waals surface area contributed by atoms with Crippen molar-refractivity contribution in [2.45, 2.75) is 12.8 Å². The number of esters is 1. The molecule has 0 N–H and O–H groups in total. The summed E-state index contributed by atoms with van der Waals surface area (Å²) in [6.07, 6.45) is 0.